The third kappa shape index (κ3) is 2.71. The van der Waals surface area contributed by atoms with Crippen LogP contribution in [0.15, 0.2) is 66.0 Å². The smallest absolute Gasteiger partial charge is 0.115 e. The Balaban J connectivity index is 2.18. The summed E-state index contributed by atoms with van der Waals surface area (Å²) in [6.45, 7) is 13.6. The Labute approximate surface area is 146 Å². The van der Waals surface area contributed by atoms with Crippen LogP contribution in [0.2, 0.25) is 0 Å². The lowest BCUT2D eigenvalue weighted by Gasteiger charge is -2.43. The molecule has 0 fully saturated rings. The van der Waals surface area contributed by atoms with Crippen molar-refractivity contribution in [3.8, 4) is 0 Å². The molecule has 1 unspecified atom stereocenters. The molecule has 1 aliphatic heterocycles. The summed E-state index contributed by atoms with van der Waals surface area (Å²) in [4.78, 5) is 5.00. The van der Waals surface area contributed by atoms with Crippen LogP contribution in [0.4, 0.5) is 11.4 Å². The summed E-state index contributed by atoms with van der Waals surface area (Å²) in [5, 5.41) is 0. The van der Waals surface area contributed by atoms with Gasteiger partial charge in [0.15, 0.2) is 0 Å². The Kier molecular flexibility index (Phi) is 4.16. The van der Waals surface area contributed by atoms with Gasteiger partial charge in [0.05, 0.1) is 0 Å². The van der Waals surface area contributed by atoms with Crippen molar-refractivity contribution in [2.75, 3.05) is 9.80 Å². The van der Waals surface area contributed by atoms with Crippen molar-refractivity contribution >= 4 is 11.4 Å². The fourth-order valence-corrected chi connectivity index (χ4v) is 3.68. The van der Waals surface area contributed by atoms with E-state index in [1.54, 1.807) is 0 Å². The normalized spacial score (nSPS) is 18.5. The van der Waals surface area contributed by atoms with Crippen LogP contribution in [-0.2, 0) is 0 Å². The van der Waals surface area contributed by atoms with Crippen LogP contribution in [0.25, 0.3) is 0 Å². The largest absolute Gasteiger partial charge is 0.322 e. The molecule has 1 heterocycles. The number of hydrogen-bond acceptors (Lipinski definition) is 2. The molecule has 24 heavy (non-hydrogen) atoms. The van der Waals surface area contributed by atoms with Crippen LogP contribution >= 0.6 is 0 Å². The van der Waals surface area contributed by atoms with Gasteiger partial charge < -0.3 is 9.80 Å². The van der Waals surface area contributed by atoms with E-state index in [1.807, 2.05) is 0 Å². The molecule has 0 bridgehead atoms. The average molecular weight is 320 g/mol. The minimum atomic E-state index is 0.0944. The first-order chi connectivity index (χ1) is 11.3. The zero-order valence-electron chi connectivity index (χ0n) is 15.7. The van der Waals surface area contributed by atoms with Crippen LogP contribution in [-0.4, -0.2) is 6.17 Å². The van der Waals surface area contributed by atoms with Gasteiger partial charge in [0, 0.05) is 28.2 Å². The summed E-state index contributed by atoms with van der Waals surface area (Å²) in [6.07, 6.45) is 0.251. The Bertz CT molecular complexity index is 753. The van der Waals surface area contributed by atoms with E-state index in [0.29, 0.717) is 0 Å². The van der Waals surface area contributed by atoms with Gasteiger partial charge in [-0.2, -0.15) is 0 Å². The minimum absolute atomic E-state index is 0.0944. The molecule has 0 saturated heterocycles. The SMILES string of the molecule is CC1=C(C)N(c2ccccc2C)C(C(C)(C)C)N1c1ccccc1. The van der Waals surface area contributed by atoms with Crippen molar-refractivity contribution in [3.63, 3.8) is 0 Å². The molecule has 0 N–H and O–H groups in total. The Morgan fingerprint density at radius 2 is 1.25 bits per heavy atom. The molecule has 0 radical (unpaired) electrons. The highest BCUT2D eigenvalue weighted by atomic mass is 15.4. The van der Waals surface area contributed by atoms with E-state index in [1.165, 1.54) is 28.3 Å². The van der Waals surface area contributed by atoms with Gasteiger partial charge in [0.25, 0.3) is 0 Å². The molecule has 2 aromatic rings. The lowest BCUT2D eigenvalue weighted by molar-refractivity contribution is 0.323. The molecular weight excluding hydrogens is 292 g/mol. The van der Waals surface area contributed by atoms with E-state index < -0.39 is 0 Å². The summed E-state index contributed by atoms with van der Waals surface area (Å²) in [6, 6.07) is 19.4. The molecule has 1 aliphatic rings. The van der Waals surface area contributed by atoms with Gasteiger partial charge in [-0.1, -0.05) is 57.2 Å². The molecule has 0 amide bonds. The van der Waals surface area contributed by atoms with Crippen molar-refractivity contribution in [2.24, 2.45) is 5.41 Å². The molecule has 0 aromatic heterocycles. The summed E-state index contributed by atoms with van der Waals surface area (Å²) in [5.74, 6) is 0. The van der Waals surface area contributed by atoms with Gasteiger partial charge >= 0.3 is 0 Å². The minimum Gasteiger partial charge on any atom is -0.322 e. The van der Waals surface area contributed by atoms with Crippen LogP contribution in [0.3, 0.4) is 0 Å². The number of benzene rings is 2. The maximum Gasteiger partial charge on any atom is 0.115 e. The number of para-hydroxylation sites is 2. The molecule has 0 aliphatic carbocycles. The highest BCUT2D eigenvalue weighted by Crippen LogP contribution is 2.44. The van der Waals surface area contributed by atoms with E-state index in [-0.39, 0.29) is 11.6 Å². The second kappa shape index (κ2) is 6.01. The van der Waals surface area contributed by atoms with E-state index in [0.717, 1.165) is 0 Å². The van der Waals surface area contributed by atoms with Gasteiger partial charge in [0.2, 0.25) is 0 Å². The summed E-state index contributed by atoms with van der Waals surface area (Å²) >= 11 is 0. The maximum absolute atomic E-state index is 2.51. The van der Waals surface area contributed by atoms with Crippen LogP contribution in [0, 0.1) is 12.3 Å². The molecule has 1 atom stereocenters. The molecule has 2 heteroatoms. The van der Waals surface area contributed by atoms with E-state index >= 15 is 0 Å². The lowest BCUT2D eigenvalue weighted by atomic mass is 9.89. The van der Waals surface area contributed by atoms with Gasteiger partial charge in [-0.25, -0.2) is 0 Å². The number of allylic oxidation sites excluding steroid dienone is 2. The number of aryl methyl sites for hydroxylation is 1. The molecule has 2 aromatic carbocycles. The van der Waals surface area contributed by atoms with Crippen molar-refractivity contribution in [2.45, 2.75) is 47.7 Å². The first kappa shape index (κ1) is 16.6. The topological polar surface area (TPSA) is 6.48 Å². The van der Waals surface area contributed by atoms with Crippen LogP contribution in [0.1, 0.15) is 40.2 Å². The Hall–Kier alpha value is -2.22. The number of anilines is 2. The second-order valence-corrected chi connectivity index (χ2v) is 7.77. The van der Waals surface area contributed by atoms with Gasteiger partial charge in [-0.05, 0) is 44.5 Å². The summed E-state index contributed by atoms with van der Waals surface area (Å²) in [5.41, 5.74) is 6.61. The van der Waals surface area contributed by atoms with E-state index in [9.17, 15) is 0 Å². The monoisotopic (exact) mass is 320 g/mol. The zero-order chi connectivity index (χ0) is 17.5. The van der Waals surface area contributed by atoms with Crippen molar-refractivity contribution in [1.82, 2.24) is 0 Å². The lowest BCUT2D eigenvalue weighted by Crippen LogP contribution is -2.49. The van der Waals surface area contributed by atoms with Crippen LogP contribution < -0.4 is 9.80 Å². The highest BCUT2D eigenvalue weighted by Gasteiger charge is 2.43. The van der Waals surface area contributed by atoms with Crippen molar-refractivity contribution in [3.05, 3.63) is 71.6 Å². The first-order valence-electron chi connectivity index (χ1n) is 8.69. The predicted molar refractivity (Wildman–Crippen MR) is 104 cm³/mol. The number of hydrogen-bond donors (Lipinski definition) is 0. The highest BCUT2D eigenvalue weighted by molar-refractivity contribution is 5.68. The molecule has 3 rings (SSSR count). The van der Waals surface area contributed by atoms with E-state index in [4.69, 9.17) is 0 Å². The second-order valence-electron chi connectivity index (χ2n) is 7.77. The number of nitrogens with zero attached hydrogens (tertiary/aromatic N) is 2. The van der Waals surface area contributed by atoms with Gasteiger partial charge in [0.1, 0.15) is 6.17 Å². The quantitative estimate of drug-likeness (QED) is 0.675. The predicted octanol–water partition coefficient (Wildman–Crippen LogP) is 5.95. The molecule has 0 saturated carbocycles. The fourth-order valence-electron chi connectivity index (χ4n) is 3.68. The molecule has 0 spiro atoms. The third-order valence-corrected chi connectivity index (χ3v) is 4.92. The average Bonchev–Trinajstić information content (AvgIpc) is 2.81. The summed E-state index contributed by atoms with van der Waals surface area (Å²) in [7, 11) is 0. The Morgan fingerprint density at radius 3 is 1.83 bits per heavy atom. The van der Waals surface area contributed by atoms with Crippen molar-refractivity contribution in [1.29, 1.82) is 0 Å². The third-order valence-electron chi connectivity index (χ3n) is 4.92. The van der Waals surface area contributed by atoms with Crippen LogP contribution in [0.5, 0.6) is 0 Å². The zero-order valence-corrected chi connectivity index (χ0v) is 15.7. The Morgan fingerprint density at radius 1 is 0.708 bits per heavy atom. The fraction of sp³-hybridized carbons (Fsp3) is 0.364. The molecule has 126 valence electrons. The standard InChI is InChI=1S/C22H28N2/c1-16-12-10-11-15-20(16)24-18(3)17(2)23(21(24)22(4,5)6)19-13-8-7-9-14-19/h7-15,21H,1-6H3. The number of rotatable bonds is 2. The molecule has 2 nitrogen and oxygen atoms in total. The van der Waals surface area contributed by atoms with Crippen molar-refractivity contribution < 1.29 is 0 Å². The molecular formula is C22H28N2. The summed E-state index contributed by atoms with van der Waals surface area (Å²) < 4.78 is 0. The first-order valence-corrected chi connectivity index (χ1v) is 8.69. The van der Waals surface area contributed by atoms with Gasteiger partial charge in [-0.15, -0.1) is 0 Å². The maximum atomic E-state index is 2.51. The van der Waals surface area contributed by atoms with Gasteiger partial charge in [-0.3, -0.25) is 0 Å². The van der Waals surface area contributed by atoms with E-state index in [2.05, 4.69) is 106 Å².